The lowest BCUT2D eigenvalue weighted by atomic mass is 9.81. The van der Waals surface area contributed by atoms with Gasteiger partial charge in [0.05, 0.1) is 0 Å². The second kappa shape index (κ2) is 11.8. The van der Waals surface area contributed by atoms with Gasteiger partial charge in [0, 0.05) is 10.8 Å². The lowest BCUT2D eigenvalue weighted by Gasteiger charge is -2.21. The Morgan fingerprint density at radius 2 is 0.887 bits per heavy atom. The first-order valence-corrected chi connectivity index (χ1v) is 18.3. The molecular formula is C52H32O. The van der Waals surface area contributed by atoms with Gasteiger partial charge in [0.25, 0.3) is 0 Å². The van der Waals surface area contributed by atoms with Crippen LogP contribution >= 0.6 is 0 Å². The number of benzene rings is 10. The summed E-state index contributed by atoms with van der Waals surface area (Å²) in [6, 6.07) is 70.5. The summed E-state index contributed by atoms with van der Waals surface area (Å²) in [4.78, 5) is 0. The van der Waals surface area contributed by atoms with Crippen LogP contribution in [0.25, 0.3) is 110 Å². The molecule has 53 heavy (non-hydrogen) atoms. The molecular weight excluding hydrogens is 641 g/mol. The van der Waals surface area contributed by atoms with Crippen molar-refractivity contribution in [3.63, 3.8) is 0 Å². The van der Waals surface area contributed by atoms with Gasteiger partial charge in [-0.3, -0.25) is 0 Å². The Kier molecular flexibility index (Phi) is 6.62. The highest BCUT2D eigenvalue weighted by Gasteiger charge is 2.23. The zero-order chi connectivity index (χ0) is 34.9. The van der Waals surface area contributed by atoms with E-state index in [-0.39, 0.29) is 0 Å². The van der Waals surface area contributed by atoms with E-state index in [1.165, 1.54) is 87.6 Å². The molecule has 0 aliphatic rings. The van der Waals surface area contributed by atoms with Crippen LogP contribution in [0.2, 0.25) is 0 Å². The fourth-order valence-corrected chi connectivity index (χ4v) is 8.76. The summed E-state index contributed by atoms with van der Waals surface area (Å²) in [5.41, 5.74) is 11.5. The smallest absolute Gasteiger partial charge is 0.136 e. The maximum absolute atomic E-state index is 6.62. The van der Waals surface area contributed by atoms with Crippen molar-refractivity contribution in [2.75, 3.05) is 0 Å². The molecule has 0 aliphatic heterocycles. The molecule has 0 unspecified atom stereocenters. The SMILES string of the molecule is c1ccc(-c2ccc3oc4cccc(-c5c6ccccc6c(-c6cccc7c6ccc6ccccc67)c6cccc(-c7ccccc7)c56)c4c3c2)cc1. The summed E-state index contributed by atoms with van der Waals surface area (Å²) in [6.45, 7) is 0. The van der Waals surface area contributed by atoms with Gasteiger partial charge in [0.2, 0.25) is 0 Å². The Morgan fingerprint density at radius 3 is 1.70 bits per heavy atom. The second-order valence-corrected chi connectivity index (χ2v) is 13.9. The van der Waals surface area contributed by atoms with E-state index in [0.29, 0.717) is 0 Å². The molecule has 0 saturated carbocycles. The molecule has 1 heteroatoms. The van der Waals surface area contributed by atoms with Gasteiger partial charge >= 0.3 is 0 Å². The van der Waals surface area contributed by atoms with Gasteiger partial charge in [0.1, 0.15) is 11.2 Å². The van der Waals surface area contributed by atoms with E-state index in [2.05, 4.69) is 194 Å². The van der Waals surface area contributed by atoms with E-state index < -0.39 is 0 Å². The van der Waals surface area contributed by atoms with Crippen molar-refractivity contribution in [2.45, 2.75) is 0 Å². The molecule has 0 radical (unpaired) electrons. The lowest BCUT2D eigenvalue weighted by Crippen LogP contribution is -1.94. The third kappa shape index (κ3) is 4.58. The molecule has 0 spiro atoms. The minimum Gasteiger partial charge on any atom is -0.456 e. The van der Waals surface area contributed by atoms with E-state index in [0.717, 1.165) is 21.9 Å². The van der Waals surface area contributed by atoms with Crippen molar-refractivity contribution >= 4 is 65.0 Å². The fourth-order valence-electron chi connectivity index (χ4n) is 8.76. The number of hydrogen-bond acceptors (Lipinski definition) is 1. The van der Waals surface area contributed by atoms with Crippen molar-refractivity contribution in [1.29, 1.82) is 0 Å². The second-order valence-electron chi connectivity index (χ2n) is 13.9. The first-order chi connectivity index (χ1) is 26.3. The molecule has 1 nitrogen and oxygen atoms in total. The van der Waals surface area contributed by atoms with Crippen LogP contribution in [-0.2, 0) is 0 Å². The molecule has 0 amide bonds. The molecule has 0 fully saturated rings. The van der Waals surface area contributed by atoms with Gasteiger partial charge in [0.15, 0.2) is 0 Å². The van der Waals surface area contributed by atoms with Crippen LogP contribution in [0.5, 0.6) is 0 Å². The Morgan fingerprint density at radius 1 is 0.264 bits per heavy atom. The van der Waals surface area contributed by atoms with Crippen LogP contribution in [-0.4, -0.2) is 0 Å². The Hall–Kier alpha value is -6.96. The van der Waals surface area contributed by atoms with Crippen LogP contribution in [0.4, 0.5) is 0 Å². The quantitative estimate of drug-likeness (QED) is 0.134. The van der Waals surface area contributed by atoms with Crippen LogP contribution in [0.15, 0.2) is 199 Å². The third-order valence-electron chi connectivity index (χ3n) is 11.1. The number of fused-ring (bicyclic) bond motifs is 8. The van der Waals surface area contributed by atoms with Gasteiger partial charge in [-0.25, -0.2) is 0 Å². The van der Waals surface area contributed by atoms with E-state index in [1.54, 1.807) is 0 Å². The topological polar surface area (TPSA) is 13.1 Å². The summed E-state index contributed by atoms with van der Waals surface area (Å²) in [7, 11) is 0. The highest BCUT2D eigenvalue weighted by atomic mass is 16.3. The molecule has 10 aromatic carbocycles. The van der Waals surface area contributed by atoms with E-state index in [4.69, 9.17) is 4.42 Å². The molecule has 0 aliphatic carbocycles. The fraction of sp³-hybridized carbons (Fsp3) is 0. The molecule has 0 atom stereocenters. The van der Waals surface area contributed by atoms with E-state index in [9.17, 15) is 0 Å². The molecule has 0 bridgehead atoms. The molecule has 1 heterocycles. The summed E-state index contributed by atoms with van der Waals surface area (Å²) in [6.07, 6.45) is 0. The molecule has 246 valence electrons. The van der Waals surface area contributed by atoms with Crippen molar-refractivity contribution in [3.8, 4) is 44.5 Å². The van der Waals surface area contributed by atoms with Crippen molar-refractivity contribution in [2.24, 2.45) is 0 Å². The van der Waals surface area contributed by atoms with Crippen molar-refractivity contribution in [3.05, 3.63) is 194 Å². The average Bonchev–Trinajstić information content (AvgIpc) is 3.61. The van der Waals surface area contributed by atoms with Crippen LogP contribution in [0.1, 0.15) is 0 Å². The van der Waals surface area contributed by atoms with E-state index >= 15 is 0 Å². The van der Waals surface area contributed by atoms with Crippen LogP contribution < -0.4 is 0 Å². The average molecular weight is 673 g/mol. The standard InChI is InChI=1S/C52H32O/c1-3-14-33(15-4-1)36-29-31-47-46(32-36)50-45(26-13-27-48(50)53-47)52-43-21-10-9-20-42(43)49(44-25-11-22-38(51(44)52)34-16-5-2-6-17-34)41-24-12-23-39-37-19-8-7-18-35(37)28-30-40(39)41/h1-32H. The zero-order valence-corrected chi connectivity index (χ0v) is 28.9. The highest BCUT2D eigenvalue weighted by Crippen LogP contribution is 2.50. The maximum Gasteiger partial charge on any atom is 0.136 e. The number of furan rings is 1. The molecule has 0 saturated heterocycles. The highest BCUT2D eigenvalue weighted by molar-refractivity contribution is 6.30. The van der Waals surface area contributed by atoms with E-state index in [1.807, 2.05) is 0 Å². The normalized spacial score (nSPS) is 11.8. The van der Waals surface area contributed by atoms with Crippen LogP contribution in [0, 0.1) is 0 Å². The van der Waals surface area contributed by atoms with Gasteiger partial charge in [-0.15, -0.1) is 0 Å². The van der Waals surface area contributed by atoms with Crippen molar-refractivity contribution in [1.82, 2.24) is 0 Å². The summed E-state index contributed by atoms with van der Waals surface area (Å²) in [5.74, 6) is 0. The molecule has 0 N–H and O–H groups in total. The Labute approximate surface area is 307 Å². The van der Waals surface area contributed by atoms with Gasteiger partial charge in [-0.2, -0.15) is 0 Å². The largest absolute Gasteiger partial charge is 0.456 e. The van der Waals surface area contributed by atoms with Gasteiger partial charge in [-0.1, -0.05) is 176 Å². The number of hydrogen-bond donors (Lipinski definition) is 0. The summed E-state index contributed by atoms with van der Waals surface area (Å²) in [5, 5.41) is 12.2. The Bertz CT molecular complexity index is 3210. The molecule has 11 rings (SSSR count). The van der Waals surface area contributed by atoms with Gasteiger partial charge in [-0.05, 0) is 106 Å². The summed E-state index contributed by atoms with van der Waals surface area (Å²) < 4.78 is 6.62. The lowest BCUT2D eigenvalue weighted by molar-refractivity contribution is 0.669. The third-order valence-corrected chi connectivity index (χ3v) is 11.1. The first kappa shape index (κ1) is 29.7. The summed E-state index contributed by atoms with van der Waals surface area (Å²) >= 11 is 0. The number of rotatable bonds is 4. The minimum atomic E-state index is 0.891. The van der Waals surface area contributed by atoms with Crippen molar-refractivity contribution < 1.29 is 4.42 Å². The van der Waals surface area contributed by atoms with Gasteiger partial charge < -0.3 is 4.42 Å². The molecule has 1 aromatic heterocycles. The zero-order valence-electron chi connectivity index (χ0n) is 28.9. The van der Waals surface area contributed by atoms with Crippen LogP contribution in [0.3, 0.4) is 0 Å². The first-order valence-electron chi connectivity index (χ1n) is 18.3. The maximum atomic E-state index is 6.62. The molecule has 11 aromatic rings. The Balaban J connectivity index is 1.31. The minimum absolute atomic E-state index is 0.891. The monoisotopic (exact) mass is 672 g/mol. The predicted molar refractivity (Wildman–Crippen MR) is 225 cm³/mol. The predicted octanol–water partition coefficient (Wildman–Crippen LogP) is 14.9.